The van der Waals surface area contributed by atoms with Crippen molar-refractivity contribution in [2.75, 3.05) is 10.8 Å². The second kappa shape index (κ2) is 6.14. The van der Waals surface area contributed by atoms with Crippen molar-refractivity contribution in [3.8, 4) is 0 Å². The number of rotatable bonds is 5. The van der Waals surface area contributed by atoms with E-state index in [2.05, 4.69) is 6.58 Å². The molecule has 2 rings (SSSR count). The maximum absolute atomic E-state index is 12.8. The summed E-state index contributed by atoms with van der Waals surface area (Å²) in [6.07, 6.45) is 1.60. The molecular weight excluding hydrogens is 282 g/mol. The Labute approximate surface area is 126 Å². The fraction of sp³-hybridized carbons (Fsp3) is 0.176. The maximum Gasteiger partial charge on any atom is 0.264 e. The van der Waals surface area contributed by atoms with Gasteiger partial charge in [0.2, 0.25) is 0 Å². The molecule has 0 N–H and O–H groups in total. The van der Waals surface area contributed by atoms with Crippen LogP contribution in [0.3, 0.4) is 0 Å². The Kier molecular flexibility index (Phi) is 4.48. The van der Waals surface area contributed by atoms with Crippen molar-refractivity contribution in [3.05, 3.63) is 72.3 Å². The Bertz CT molecular complexity index is 716. The molecule has 0 spiro atoms. The van der Waals surface area contributed by atoms with Crippen molar-refractivity contribution in [1.82, 2.24) is 0 Å². The summed E-state index contributed by atoms with van der Waals surface area (Å²) in [7, 11) is -3.59. The normalized spacial score (nSPS) is 11.1. The lowest BCUT2D eigenvalue weighted by Gasteiger charge is -2.24. The average Bonchev–Trinajstić information content (AvgIpc) is 2.44. The summed E-state index contributed by atoms with van der Waals surface area (Å²) in [4.78, 5) is 0.283. The molecular formula is C17H19NO2S. The van der Waals surface area contributed by atoms with Crippen molar-refractivity contribution < 1.29 is 8.42 Å². The lowest BCUT2D eigenvalue weighted by Crippen LogP contribution is -2.31. The summed E-state index contributed by atoms with van der Waals surface area (Å²) in [6, 6.07) is 14.2. The monoisotopic (exact) mass is 301 g/mol. The van der Waals surface area contributed by atoms with Crippen LogP contribution in [0.5, 0.6) is 0 Å². The molecule has 0 amide bonds. The first kappa shape index (κ1) is 15.3. The van der Waals surface area contributed by atoms with E-state index in [4.69, 9.17) is 0 Å². The van der Waals surface area contributed by atoms with Gasteiger partial charge in [-0.15, -0.1) is 6.58 Å². The lowest BCUT2D eigenvalue weighted by molar-refractivity contribution is 0.593. The Hall–Kier alpha value is -2.07. The van der Waals surface area contributed by atoms with Crippen LogP contribution in [0.2, 0.25) is 0 Å². The molecule has 2 aromatic carbocycles. The zero-order chi connectivity index (χ0) is 15.5. The third-order valence-electron chi connectivity index (χ3n) is 3.12. The molecule has 0 atom stereocenters. The molecule has 4 heteroatoms. The van der Waals surface area contributed by atoms with E-state index in [1.54, 1.807) is 36.4 Å². The van der Waals surface area contributed by atoms with E-state index in [0.29, 0.717) is 5.69 Å². The Morgan fingerprint density at radius 3 is 2.14 bits per heavy atom. The summed E-state index contributed by atoms with van der Waals surface area (Å²) in [5.41, 5.74) is 2.72. The minimum atomic E-state index is -3.59. The van der Waals surface area contributed by atoms with Gasteiger partial charge in [-0.3, -0.25) is 4.31 Å². The highest BCUT2D eigenvalue weighted by Gasteiger charge is 2.23. The quantitative estimate of drug-likeness (QED) is 0.790. The largest absolute Gasteiger partial charge is 0.264 e. The molecule has 3 nitrogen and oxygen atoms in total. The van der Waals surface area contributed by atoms with E-state index in [-0.39, 0.29) is 11.4 Å². The predicted octanol–water partition coefficient (Wildman–Crippen LogP) is 3.68. The minimum Gasteiger partial charge on any atom is -0.263 e. The molecule has 0 saturated carbocycles. The van der Waals surface area contributed by atoms with E-state index in [1.807, 2.05) is 32.0 Å². The lowest BCUT2D eigenvalue weighted by atomic mass is 10.1. The van der Waals surface area contributed by atoms with Gasteiger partial charge in [0.15, 0.2) is 0 Å². The first-order valence-corrected chi connectivity index (χ1v) is 8.16. The zero-order valence-electron chi connectivity index (χ0n) is 12.3. The predicted molar refractivity (Wildman–Crippen MR) is 87.1 cm³/mol. The molecule has 0 heterocycles. The Balaban J connectivity index is 2.55. The van der Waals surface area contributed by atoms with Crippen molar-refractivity contribution in [3.63, 3.8) is 0 Å². The number of benzene rings is 2. The Morgan fingerprint density at radius 1 is 1.05 bits per heavy atom. The average molecular weight is 301 g/mol. The molecule has 0 radical (unpaired) electrons. The van der Waals surface area contributed by atoms with Crippen LogP contribution in [0.15, 0.2) is 66.1 Å². The highest BCUT2D eigenvalue weighted by Crippen LogP contribution is 2.25. The van der Waals surface area contributed by atoms with Crippen LogP contribution in [-0.2, 0) is 10.0 Å². The summed E-state index contributed by atoms with van der Waals surface area (Å²) >= 11 is 0. The summed E-state index contributed by atoms with van der Waals surface area (Å²) in [5.74, 6) is 0. The van der Waals surface area contributed by atoms with Crippen LogP contribution in [0.25, 0.3) is 0 Å². The smallest absolute Gasteiger partial charge is 0.263 e. The van der Waals surface area contributed by atoms with Gasteiger partial charge < -0.3 is 0 Å². The molecule has 2 aromatic rings. The van der Waals surface area contributed by atoms with Gasteiger partial charge in [0, 0.05) is 0 Å². The third kappa shape index (κ3) is 3.34. The maximum atomic E-state index is 12.8. The van der Waals surface area contributed by atoms with Crippen molar-refractivity contribution in [2.45, 2.75) is 18.7 Å². The number of sulfonamides is 1. The summed E-state index contributed by atoms with van der Waals surface area (Å²) in [6.45, 7) is 7.82. The van der Waals surface area contributed by atoms with E-state index < -0.39 is 10.0 Å². The first-order chi connectivity index (χ1) is 9.95. The third-order valence-corrected chi connectivity index (χ3v) is 4.93. The Morgan fingerprint density at radius 2 is 1.62 bits per heavy atom. The second-order valence-corrected chi connectivity index (χ2v) is 6.85. The number of anilines is 1. The van der Waals surface area contributed by atoms with Gasteiger partial charge in [-0.2, -0.15) is 0 Å². The molecule has 0 aliphatic rings. The van der Waals surface area contributed by atoms with Gasteiger partial charge in [-0.05, 0) is 49.2 Å². The molecule has 0 aliphatic carbocycles. The highest BCUT2D eigenvalue weighted by molar-refractivity contribution is 7.92. The zero-order valence-corrected chi connectivity index (χ0v) is 13.1. The molecule has 0 unspecified atom stereocenters. The van der Waals surface area contributed by atoms with Crippen molar-refractivity contribution >= 4 is 15.7 Å². The van der Waals surface area contributed by atoms with E-state index in [1.165, 1.54) is 4.31 Å². The standard InChI is InChI=1S/C17H19NO2S/c1-4-10-18(16-12-14(2)11-15(3)13-16)21(19,20)17-8-6-5-7-9-17/h4-9,11-13H,1,10H2,2-3H3. The molecule has 0 fully saturated rings. The number of hydrogen-bond donors (Lipinski definition) is 0. The fourth-order valence-corrected chi connectivity index (χ4v) is 3.71. The molecule has 0 saturated heterocycles. The van der Waals surface area contributed by atoms with Crippen LogP contribution in [0.1, 0.15) is 11.1 Å². The highest BCUT2D eigenvalue weighted by atomic mass is 32.2. The van der Waals surface area contributed by atoms with Crippen LogP contribution in [-0.4, -0.2) is 15.0 Å². The molecule has 21 heavy (non-hydrogen) atoms. The molecule has 0 aromatic heterocycles. The molecule has 110 valence electrons. The van der Waals surface area contributed by atoms with E-state index in [0.717, 1.165) is 11.1 Å². The van der Waals surface area contributed by atoms with Gasteiger partial charge in [0.25, 0.3) is 10.0 Å². The van der Waals surface area contributed by atoms with E-state index in [9.17, 15) is 8.42 Å². The molecule has 0 aliphatic heterocycles. The van der Waals surface area contributed by atoms with Gasteiger partial charge in [-0.25, -0.2) is 8.42 Å². The van der Waals surface area contributed by atoms with Gasteiger partial charge in [-0.1, -0.05) is 30.3 Å². The molecule has 0 bridgehead atoms. The van der Waals surface area contributed by atoms with E-state index >= 15 is 0 Å². The van der Waals surface area contributed by atoms with Crippen LogP contribution in [0, 0.1) is 13.8 Å². The number of aryl methyl sites for hydroxylation is 2. The number of hydrogen-bond acceptors (Lipinski definition) is 2. The van der Waals surface area contributed by atoms with Crippen LogP contribution < -0.4 is 4.31 Å². The summed E-state index contributed by atoms with van der Waals surface area (Å²) < 4.78 is 27.0. The van der Waals surface area contributed by atoms with Gasteiger partial charge in [0.05, 0.1) is 17.1 Å². The summed E-state index contributed by atoms with van der Waals surface area (Å²) in [5, 5.41) is 0. The van der Waals surface area contributed by atoms with Gasteiger partial charge in [0.1, 0.15) is 0 Å². The van der Waals surface area contributed by atoms with Crippen molar-refractivity contribution in [2.24, 2.45) is 0 Å². The fourth-order valence-electron chi connectivity index (χ4n) is 2.27. The SMILES string of the molecule is C=CCN(c1cc(C)cc(C)c1)S(=O)(=O)c1ccccc1. The minimum absolute atomic E-state index is 0.236. The van der Waals surface area contributed by atoms with Crippen molar-refractivity contribution in [1.29, 1.82) is 0 Å². The first-order valence-electron chi connectivity index (χ1n) is 6.72. The topological polar surface area (TPSA) is 37.4 Å². The van der Waals surface area contributed by atoms with Gasteiger partial charge >= 0.3 is 0 Å². The number of nitrogens with zero attached hydrogens (tertiary/aromatic N) is 1. The van der Waals surface area contributed by atoms with Crippen LogP contribution in [0.4, 0.5) is 5.69 Å². The second-order valence-electron chi connectivity index (χ2n) is 4.98. The van der Waals surface area contributed by atoms with Crippen LogP contribution >= 0.6 is 0 Å².